The van der Waals surface area contributed by atoms with Gasteiger partial charge in [-0.1, -0.05) is 54.0 Å². The van der Waals surface area contributed by atoms with Crippen molar-refractivity contribution < 1.29 is 0 Å². The van der Waals surface area contributed by atoms with Crippen molar-refractivity contribution in [2.75, 3.05) is 6.54 Å². The Morgan fingerprint density at radius 2 is 1.74 bits per heavy atom. The van der Waals surface area contributed by atoms with Gasteiger partial charge in [0.1, 0.15) is 0 Å². The first-order valence-electron chi connectivity index (χ1n) is 6.42. The summed E-state index contributed by atoms with van der Waals surface area (Å²) in [5.41, 5.74) is 2.43. The SMILES string of the molecule is CCNCc1ccc(Sc2ccc(C)cc2)cc1Cl. The molecule has 0 unspecified atom stereocenters. The lowest BCUT2D eigenvalue weighted by molar-refractivity contribution is 0.726. The summed E-state index contributed by atoms with van der Waals surface area (Å²) in [4.78, 5) is 2.41. The molecule has 2 aromatic carbocycles. The fourth-order valence-electron chi connectivity index (χ4n) is 1.74. The monoisotopic (exact) mass is 291 g/mol. The Kier molecular flexibility index (Phi) is 5.32. The van der Waals surface area contributed by atoms with Crippen LogP contribution in [0.25, 0.3) is 0 Å². The van der Waals surface area contributed by atoms with Gasteiger partial charge in [-0.2, -0.15) is 0 Å². The zero-order valence-corrected chi connectivity index (χ0v) is 12.8. The molecule has 2 rings (SSSR count). The molecule has 0 aromatic heterocycles. The molecular weight excluding hydrogens is 274 g/mol. The summed E-state index contributed by atoms with van der Waals surface area (Å²) in [6.07, 6.45) is 0. The van der Waals surface area contributed by atoms with E-state index in [0.29, 0.717) is 0 Å². The first-order chi connectivity index (χ1) is 9.19. The van der Waals surface area contributed by atoms with Gasteiger partial charge < -0.3 is 5.32 Å². The van der Waals surface area contributed by atoms with Crippen molar-refractivity contribution >= 4 is 23.4 Å². The largest absolute Gasteiger partial charge is 0.313 e. The molecule has 0 radical (unpaired) electrons. The minimum atomic E-state index is 0.824. The van der Waals surface area contributed by atoms with Crippen LogP contribution in [0.3, 0.4) is 0 Å². The van der Waals surface area contributed by atoms with Crippen LogP contribution in [0.2, 0.25) is 5.02 Å². The first kappa shape index (κ1) is 14.4. The third-order valence-corrected chi connectivity index (χ3v) is 4.20. The average molecular weight is 292 g/mol. The van der Waals surface area contributed by atoms with Gasteiger partial charge in [0.05, 0.1) is 0 Å². The van der Waals surface area contributed by atoms with Gasteiger partial charge in [0.2, 0.25) is 0 Å². The second-order valence-corrected chi connectivity index (χ2v) is 6.00. The van der Waals surface area contributed by atoms with Crippen molar-refractivity contribution in [3.8, 4) is 0 Å². The highest BCUT2D eigenvalue weighted by atomic mass is 35.5. The van der Waals surface area contributed by atoms with Crippen molar-refractivity contribution in [3.63, 3.8) is 0 Å². The summed E-state index contributed by atoms with van der Waals surface area (Å²) >= 11 is 8.04. The third kappa shape index (κ3) is 4.27. The topological polar surface area (TPSA) is 12.0 Å². The summed E-state index contributed by atoms with van der Waals surface area (Å²) in [7, 11) is 0. The summed E-state index contributed by atoms with van der Waals surface area (Å²) in [5, 5.41) is 4.12. The van der Waals surface area contributed by atoms with Gasteiger partial charge in [0, 0.05) is 21.4 Å². The Bertz CT molecular complexity index is 537. The van der Waals surface area contributed by atoms with Gasteiger partial charge in [0.25, 0.3) is 0 Å². The van der Waals surface area contributed by atoms with Gasteiger partial charge in [-0.05, 0) is 43.3 Å². The Labute approximate surface area is 124 Å². The predicted molar refractivity (Wildman–Crippen MR) is 84.1 cm³/mol. The van der Waals surface area contributed by atoms with E-state index in [4.69, 9.17) is 11.6 Å². The maximum absolute atomic E-state index is 6.30. The Balaban J connectivity index is 2.09. The second kappa shape index (κ2) is 6.99. The van der Waals surface area contributed by atoms with Gasteiger partial charge in [-0.15, -0.1) is 0 Å². The molecule has 0 saturated carbocycles. The minimum Gasteiger partial charge on any atom is -0.313 e. The molecule has 3 heteroatoms. The van der Waals surface area contributed by atoms with Crippen LogP contribution in [-0.4, -0.2) is 6.54 Å². The molecule has 0 fully saturated rings. The van der Waals surface area contributed by atoms with Crippen LogP contribution in [0, 0.1) is 6.92 Å². The Morgan fingerprint density at radius 3 is 2.37 bits per heavy atom. The lowest BCUT2D eigenvalue weighted by atomic mass is 10.2. The number of benzene rings is 2. The van der Waals surface area contributed by atoms with E-state index < -0.39 is 0 Å². The van der Waals surface area contributed by atoms with Crippen molar-refractivity contribution in [1.82, 2.24) is 5.32 Å². The maximum atomic E-state index is 6.30. The lowest BCUT2D eigenvalue weighted by Crippen LogP contribution is -2.11. The van der Waals surface area contributed by atoms with Crippen LogP contribution in [-0.2, 0) is 6.54 Å². The van der Waals surface area contributed by atoms with Crippen molar-refractivity contribution in [2.45, 2.75) is 30.2 Å². The molecule has 0 atom stereocenters. The molecule has 0 bridgehead atoms. The van der Waals surface area contributed by atoms with E-state index in [0.717, 1.165) is 23.7 Å². The standard InChI is InChI=1S/C16H18ClNS/c1-3-18-11-13-6-9-15(10-16(13)17)19-14-7-4-12(2)5-8-14/h4-10,18H,3,11H2,1-2H3. The fourth-order valence-corrected chi connectivity index (χ4v) is 2.91. The number of halogens is 1. The highest BCUT2D eigenvalue weighted by molar-refractivity contribution is 7.99. The smallest absolute Gasteiger partial charge is 0.0462 e. The van der Waals surface area contributed by atoms with Crippen molar-refractivity contribution in [2.24, 2.45) is 0 Å². The third-order valence-electron chi connectivity index (χ3n) is 2.85. The first-order valence-corrected chi connectivity index (χ1v) is 7.62. The van der Waals surface area contributed by atoms with Crippen molar-refractivity contribution in [1.29, 1.82) is 0 Å². The molecule has 0 heterocycles. The molecule has 0 aliphatic rings. The molecule has 1 N–H and O–H groups in total. The molecule has 0 saturated heterocycles. The maximum Gasteiger partial charge on any atom is 0.0462 e. The van der Waals surface area contributed by atoms with Crippen LogP contribution < -0.4 is 5.32 Å². The normalized spacial score (nSPS) is 10.7. The fraction of sp³-hybridized carbons (Fsp3) is 0.250. The molecule has 2 aromatic rings. The second-order valence-electron chi connectivity index (χ2n) is 4.45. The molecule has 0 aliphatic heterocycles. The highest BCUT2D eigenvalue weighted by Gasteiger charge is 2.03. The quantitative estimate of drug-likeness (QED) is 0.840. The van der Waals surface area contributed by atoms with E-state index in [-0.39, 0.29) is 0 Å². The van der Waals surface area contributed by atoms with E-state index in [1.54, 1.807) is 11.8 Å². The van der Waals surface area contributed by atoms with Gasteiger partial charge in [-0.3, -0.25) is 0 Å². The Hall–Kier alpha value is -0.960. The van der Waals surface area contributed by atoms with Crippen molar-refractivity contribution in [3.05, 3.63) is 58.6 Å². The lowest BCUT2D eigenvalue weighted by Gasteiger charge is -2.07. The molecular formula is C16H18ClNS. The predicted octanol–water partition coefficient (Wildman–Crippen LogP) is 4.91. The molecule has 100 valence electrons. The van der Waals surface area contributed by atoms with E-state index in [1.165, 1.54) is 15.4 Å². The summed E-state index contributed by atoms with van der Waals surface area (Å²) < 4.78 is 0. The summed E-state index contributed by atoms with van der Waals surface area (Å²) in [5.74, 6) is 0. The van der Waals surface area contributed by atoms with Gasteiger partial charge >= 0.3 is 0 Å². The number of hydrogen-bond donors (Lipinski definition) is 1. The molecule has 19 heavy (non-hydrogen) atoms. The zero-order chi connectivity index (χ0) is 13.7. The van der Waals surface area contributed by atoms with Crippen LogP contribution >= 0.6 is 23.4 Å². The van der Waals surface area contributed by atoms with Gasteiger partial charge in [0.15, 0.2) is 0 Å². The minimum absolute atomic E-state index is 0.824. The van der Waals surface area contributed by atoms with E-state index in [9.17, 15) is 0 Å². The van der Waals surface area contributed by atoms with E-state index in [1.807, 2.05) is 6.07 Å². The zero-order valence-electron chi connectivity index (χ0n) is 11.2. The number of aryl methyl sites for hydroxylation is 1. The molecule has 0 aliphatic carbocycles. The van der Waals surface area contributed by atoms with E-state index >= 15 is 0 Å². The highest BCUT2D eigenvalue weighted by Crippen LogP contribution is 2.30. The molecule has 1 nitrogen and oxygen atoms in total. The van der Waals surface area contributed by atoms with Crippen LogP contribution in [0.4, 0.5) is 0 Å². The Morgan fingerprint density at radius 1 is 1.05 bits per heavy atom. The van der Waals surface area contributed by atoms with E-state index in [2.05, 4.69) is 55.6 Å². The summed E-state index contributed by atoms with van der Waals surface area (Å²) in [6.45, 7) is 5.97. The number of rotatable bonds is 5. The van der Waals surface area contributed by atoms with Crippen LogP contribution in [0.15, 0.2) is 52.3 Å². The van der Waals surface area contributed by atoms with Gasteiger partial charge in [-0.25, -0.2) is 0 Å². The number of nitrogens with one attached hydrogen (secondary N) is 1. The van der Waals surface area contributed by atoms with Crippen LogP contribution in [0.5, 0.6) is 0 Å². The molecule has 0 amide bonds. The average Bonchev–Trinajstić information content (AvgIpc) is 2.41. The summed E-state index contributed by atoms with van der Waals surface area (Å²) in [6, 6.07) is 14.8. The molecule has 0 spiro atoms. The number of hydrogen-bond acceptors (Lipinski definition) is 2. The van der Waals surface area contributed by atoms with Crippen LogP contribution in [0.1, 0.15) is 18.1 Å².